The number of hydrogen-bond acceptors (Lipinski definition) is 3. The van der Waals surface area contributed by atoms with Crippen molar-refractivity contribution < 1.29 is 9.59 Å². The third-order valence-electron chi connectivity index (χ3n) is 4.36. The molecule has 1 N–H and O–H groups in total. The van der Waals surface area contributed by atoms with Crippen LogP contribution in [-0.4, -0.2) is 28.2 Å². The molecule has 0 unspecified atom stereocenters. The number of carbonyl (C=O) groups is 2. The van der Waals surface area contributed by atoms with E-state index in [-0.39, 0.29) is 17.7 Å². The molecule has 20 heavy (non-hydrogen) atoms. The third kappa shape index (κ3) is 1.83. The molecule has 0 saturated carbocycles. The summed E-state index contributed by atoms with van der Waals surface area (Å²) in [5.74, 6) is 0.551. The van der Waals surface area contributed by atoms with Crippen LogP contribution in [0.2, 0.25) is 0 Å². The predicted octanol–water partition coefficient (Wildman–Crippen LogP) is 2.08. The highest BCUT2D eigenvalue weighted by Gasteiger charge is 2.50. The minimum absolute atomic E-state index is 0.0882. The summed E-state index contributed by atoms with van der Waals surface area (Å²) in [7, 11) is 0. The van der Waals surface area contributed by atoms with Gasteiger partial charge in [0.25, 0.3) is 5.91 Å². The maximum absolute atomic E-state index is 12.2. The number of carbonyl (C=O) groups excluding carboxylic acids is 2. The number of nitrogens with one attached hydrogen (secondary N) is 1. The summed E-state index contributed by atoms with van der Waals surface area (Å²) in [6.45, 7) is 4.05. The van der Waals surface area contributed by atoms with E-state index >= 15 is 0 Å². The van der Waals surface area contributed by atoms with Crippen LogP contribution in [0.15, 0.2) is 42.2 Å². The van der Waals surface area contributed by atoms with Gasteiger partial charge in [-0.2, -0.15) is 0 Å². The standard InChI is InChI=1S/C16H18N2O2/c1-11-8-9-16(2)13(19)10-14(18(11)16)17-15(20)12-6-4-3-5-7-12/h3-7,10-11H,8-9H2,1-2H3,(H,17,20)/t11-,16-/m0/s1. The van der Waals surface area contributed by atoms with Gasteiger partial charge >= 0.3 is 0 Å². The third-order valence-corrected chi connectivity index (χ3v) is 4.36. The molecule has 2 aliphatic heterocycles. The van der Waals surface area contributed by atoms with Gasteiger partial charge < -0.3 is 10.2 Å². The van der Waals surface area contributed by atoms with Crippen molar-refractivity contribution in [3.8, 4) is 0 Å². The number of amides is 1. The molecule has 104 valence electrons. The Hall–Kier alpha value is -2.10. The van der Waals surface area contributed by atoms with E-state index in [0.29, 0.717) is 11.4 Å². The molecule has 2 heterocycles. The largest absolute Gasteiger partial charge is 0.342 e. The average Bonchev–Trinajstić information content (AvgIpc) is 2.88. The molecule has 1 aromatic carbocycles. The highest BCUT2D eigenvalue weighted by atomic mass is 16.2. The molecule has 4 heteroatoms. The van der Waals surface area contributed by atoms with Crippen LogP contribution in [0.5, 0.6) is 0 Å². The van der Waals surface area contributed by atoms with Gasteiger partial charge in [-0.3, -0.25) is 9.59 Å². The lowest BCUT2D eigenvalue weighted by Gasteiger charge is -2.33. The second kappa shape index (κ2) is 4.47. The SMILES string of the molecule is C[C@H]1CC[C@@]2(C)C(=O)C=C(NC(=O)c3ccccc3)N12. The monoisotopic (exact) mass is 270 g/mol. The van der Waals surface area contributed by atoms with Crippen molar-refractivity contribution in [1.82, 2.24) is 10.2 Å². The van der Waals surface area contributed by atoms with E-state index in [1.165, 1.54) is 0 Å². The van der Waals surface area contributed by atoms with Crippen molar-refractivity contribution in [2.24, 2.45) is 0 Å². The fourth-order valence-corrected chi connectivity index (χ4v) is 3.19. The lowest BCUT2D eigenvalue weighted by atomic mass is 9.96. The van der Waals surface area contributed by atoms with E-state index in [4.69, 9.17) is 0 Å². The Morgan fingerprint density at radius 3 is 2.75 bits per heavy atom. The van der Waals surface area contributed by atoms with Gasteiger partial charge in [0.15, 0.2) is 5.78 Å². The van der Waals surface area contributed by atoms with Gasteiger partial charge in [-0.05, 0) is 38.8 Å². The normalized spacial score (nSPS) is 28.3. The van der Waals surface area contributed by atoms with Gasteiger partial charge in [0, 0.05) is 17.7 Å². The highest BCUT2D eigenvalue weighted by molar-refractivity contribution is 6.03. The minimum atomic E-state index is -0.473. The van der Waals surface area contributed by atoms with Gasteiger partial charge in [0.05, 0.1) is 0 Å². The summed E-state index contributed by atoms with van der Waals surface area (Å²) in [5, 5.41) is 2.88. The number of hydrogen-bond donors (Lipinski definition) is 1. The topological polar surface area (TPSA) is 49.4 Å². The molecule has 0 bridgehead atoms. The molecule has 4 nitrogen and oxygen atoms in total. The van der Waals surface area contributed by atoms with Crippen LogP contribution in [0.3, 0.4) is 0 Å². The lowest BCUT2D eigenvalue weighted by Crippen LogP contribution is -2.47. The van der Waals surface area contributed by atoms with Crippen molar-refractivity contribution in [2.75, 3.05) is 0 Å². The first kappa shape index (κ1) is 12.9. The quantitative estimate of drug-likeness (QED) is 0.895. The summed E-state index contributed by atoms with van der Waals surface area (Å²) >= 11 is 0. The lowest BCUT2D eigenvalue weighted by molar-refractivity contribution is -0.121. The Labute approximate surface area is 118 Å². The number of benzene rings is 1. The van der Waals surface area contributed by atoms with Crippen LogP contribution in [0.1, 0.15) is 37.0 Å². The van der Waals surface area contributed by atoms with E-state index < -0.39 is 5.54 Å². The molecule has 0 spiro atoms. The zero-order valence-corrected chi connectivity index (χ0v) is 11.7. The zero-order chi connectivity index (χ0) is 14.3. The first-order chi connectivity index (χ1) is 9.52. The second-order valence-electron chi connectivity index (χ2n) is 5.75. The van der Waals surface area contributed by atoms with Gasteiger partial charge in [-0.25, -0.2) is 0 Å². The van der Waals surface area contributed by atoms with Crippen molar-refractivity contribution in [3.05, 3.63) is 47.8 Å². The number of fused-ring (bicyclic) bond motifs is 1. The Morgan fingerprint density at radius 2 is 2.05 bits per heavy atom. The summed E-state index contributed by atoms with van der Waals surface area (Å²) in [5.41, 5.74) is 0.125. The van der Waals surface area contributed by atoms with E-state index in [1.807, 2.05) is 25.1 Å². The van der Waals surface area contributed by atoms with Crippen LogP contribution >= 0.6 is 0 Å². The molecule has 3 rings (SSSR count). The van der Waals surface area contributed by atoms with Crippen LogP contribution < -0.4 is 5.32 Å². The van der Waals surface area contributed by atoms with E-state index in [9.17, 15) is 9.59 Å². The van der Waals surface area contributed by atoms with E-state index in [2.05, 4.69) is 17.1 Å². The highest BCUT2D eigenvalue weighted by Crippen LogP contribution is 2.41. The van der Waals surface area contributed by atoms with Gasteiger partial charge in [0.1, 0.15) is 11.4 Å². The minimum Gasteiger partial charge on any atom is -0.342 e. The Bertz CT molecular complexity index is 594. The van der Waals surface area contributed by atoms with Crippen LogP contribution in [0.25, 0.3) is 0 Å². The molecule has 0 aliphatic carbocycles. The summed E-state index contributed by atoms with van der Waals surface area (Å²) in [6, 6.07) is 9.32. The summed E-state index contributed by atoms with van der Waals surface area (Å²) in [4.78, 5) is 26.5. The number of nitrogens with zero attached hydrogens (tertiary/aromatic N) is 1. The molecule has 1 amide bonds. The Kier molecular flexibility index (Phi) is 2.89. The first-order valence-electron chi connectivity index (χ1n) is 6.94. The molecular formula is C16H18N2O2. The molecular weight excluding hydrogens is 252 g/mol. The molecule has 0 aromatic heterocycles. The molecule has 2 aliphatic rings. The van der Waals surface area contributed by atoms with Gasteiger partial charge in [-0.15, -0.1) is 0 Å². The first-order valence-corrected chi connectivity index (χ1v) is 6.94. The fourth-order valence-electron chi connectivity index (χ4n) is 3.19. The van der Waals surface area contributed by atoms with Crippen molar-refractivity contribution in [3.63, 3.8) is 0 Å². The predicted molar refractivity (Wildman–Crippen MR) is 75.9 cm³/mol. The van der Waals surface area contributed by atoms with Crippen molar-refractivity contribution in [2.45, 2.75) is 38.3 Å². The van der Waals surface area contributed by atoms with Crippen LogP contribution in [-0.2, 0) is 4.79 Å². The Balaban J connectivity index is 1.83. The van der Waals surface area contributed by atoms with E-state index in [0.717, 1.165) is 12.8 Å². The summed E-state index contributed by atoms with van der Waals surface area (Å²) < 4.78 is 0. The van der Waals surface area contributed by atoms with Crippen LogP contribution in [0, 0.1) is 0 Å². The Morgan fingerprint density at radius 1 is 1.35 bits per heavy atom. The molecule has 2 atom stereocenters. The molecule has 1 aromatic rings. The average molecular weight is 270 g/mol. The van der Waals surface area contributed by atoms with Gasteiger partial charge in [0.2, 0.25) is 0 Å². The molecule has 1 fully saturated rings. The molecule has 1 saturated heterocycles. The fraction of sp³-hybridized carbons (Fsp3) is 0.375. The van der Waals surface area contributed by atoms with Gasteiger partial charge in [-0.1, -0.05) is 18.2 Å². The zero-order valence-electron chi connectivity index (χ0n) is 11.7. The number of rotatable bonds is 2. The maximum Gasteiger partial charge on any atom is 0.256 e. The van der Waals surface area contributed by atoms with Crippen molar-refractivity contribution >= 4 is 11.7 Å². The summed E-state index contributed by atoms with van der Waals surface area (Å²) in [6.07, 6.45) is 3.38. The smallest absolute Gasteiger partial charge is 0.256 e. The van der Waals surface area contributed by atoms with E-state index in [1.54, 1.807) is 18.2 Å². The second-order valence-corrected chi connectivity index (χ2v) is 5.75. The molecule has 0 radical (unpaired) electrons. The maximum atomic E-state index is 12.2. The van der Waals surface area contributed by atoms with Crippen molar-refractivity contribution in [1.29, 1.82) is 0 Å². The number of ketones is 1. The van der Waals surface area contributed by atoms with Crippen LogP contribution in [0.4, 0.5) is 0 Å².